The van der Waals surface area contributed by atoms with Crippen LogP contribution in [0.5, 0.6) is 0 Å². The number of carbonyl (C=O) groups excluding carboxylic acids is 1. The van der Waals surface area contributed by atoms with E-state index in [0.717, 1.165) is 22.6 Å². The summed E-state index contributed by atoms with van der Waals surface area (Å²) in [7, 11) is 0. The van der Waals surface area contributed by atoms with Crippen LogP contribution in [-0.4, -0.2) is 24.7 Å². The maximum atomic E-state index is 12.8. The second kappa shape index (κ2) is 5.92. The van der Waals surface area contributed by atoms with Crippen molar-refractivity contribution in [1.82, 2.24) is 0 Å². The van der Waals surface area contributed by atoms with E-state index in [1.165, 1.54) is 0 Å². The van der Waals surface area contributed by atoms with Crippen molar-refractivity contribution in [2.45, 2.75) is 17.4 Å². The highest BCUT2D eigenvalue weighted by Crippen LogP contribution is 2.28. The van der Waals surface area contributed by atoms with Crippen LogP contribution < -0.4 is 10.6 Å². The SMILES string of the molecule is CSc1ccc(C(=O)N2CC(N)Cc3ccccc32)cc1. The summed E-state index contributed by atoms with van der Waals surface area (Å²) in [5, 5.41) is 0. The lowest BCUT2D eigenvalue weighted by Gasteiger charge is -2.33. The average Bonchev–Trinajstić information content (AvgIpc) is 2.53. The third-order valence-electron chi connectivity index (χ3n) is 3.76. The molecular formula is C17H18N2OS. The number of hydrogen-bond donors (Lipinski definition) is 1. The topological polar surface area (TPSA) is 46.3 Å². The standard InChI is InChI=1S/C17H18N2OS/c1-21-15-8-6-12(7-9-15)17(20)19-11-14(18)10-13-4-2-3-5-16(13)19/h2-9,14H,10-11,18H2,1H3. The van der Waals surface area contributed by atoms with Gasteiger partial charge in [0.25, 0.3) is 5.91 Å². The summed E-state index contributed by atoms with van der Waals surface area (Å²) in [6.45, 7) is 0.570. The van der Waals surface area contributed by atoms with E-state index in [4.69, 9.17) is 5.73 Å². The number of nitrogens with two attached hydrogens (primary N) is 1. The van der Waals surface area contributed by atoms with Crippen LogP contribution >= 0.6 is 11.8 Å². The molecule has 1 unspecified atom stereocenters. The van der Waals surface area contributed by atoms with Gasteiger partial charge in [0.05, 0.1) is 0 Å². The van der Waals surface area contributed by atoms with Crippen LogP contribution in [0.25, 0.3) is 0 Å². The number of para-hydroxylation sites is 1. The van der Waals surface area contributed by atoms with E-state index < -0.39 is 0 Å². The van der Waals surface area contributed by atoms with E-state index in [2.05, 4.69) is 0 Å². The summed E-state index contributed by atoms with van der Waals surface area (Å²) in [4.78, 5) is 15.7. The summed E-state index contributed by atoms with van der Waals surface area (Å²) in [6.07, 6.45) is 2.85. The Morgan fingerprint density at radius 2 is 1.90 bits per heavy atom. The molecule has 108 valence electrons. The molecule has 0 aliphatic carbocycles. The molecule has 2 aromatic carbocycles. The first kappa shape index (κ1) is 14.2. The van der Waals surface area contributed by atoms with Gasteiger partial charge in [0.15, 0.2) is 0 Å². The van der Waals surface area contributed by atoms with Gasteiger partial charge >= 0.3 is 0 Å². The monoisotopic (exact) mass is 298 g/mol. The Morgan fingerprint density at radius 3 is 2.62 bits per heavy atom. The molecule has 4 heteroatoms. The van der Waals surface area contributed by atoms with Crippen molar-refractivity contribution in [3.8, 4) is 0 Å². The maximum Gasteiger partial charge on any atom is 0.258 e. The van der Waals surface area contributed by atoms with Crippen molar-refractivity contribution in [3.63, 3.8) is 0 Å². The van der Waals surface area contributed by atoms with Gasteiger partial charge in [-0.15, -0.1) is 11.8 Å². The predicted octanol–water partition coefficient (Wildman–Crippen LogP) is 2.94. The molecule has 1 heterocycles. The van der Waals surface area contributed by atoms with E-state index in [9.17, 15) is 4.79 Å². The normalized spacial score (nSPS) is 17.4. The minimum absolute atomic E-state index is 0.00526. The van der Waals surface area contributed by atoms with Crippen molar-refractivity contribution in [1.29, 1.82) is 0 Å². The first-order valence-electron chi connectivity index (χ1n) is 6.98. The fraction of sp³-hybridized carbons (Fsp3) is 0.235. The summed E-state index contributed by atoms with van der Waals surface area (Å²) in [5.74, 6) is 0.0188. The molecule has 0 aromatic heterocycles. The molecule has 21 heavy (non-hydrogen) atoms. The van der Waals surface area contributed by atoms with Gasteiger partial charge in [0.1, 0.15) is 0 Å². The minimum Gasteiger partial charge on any atom is -0.326 e. The zero-order valence-corrected chi connectivity index (χ0v) is 12.8. The highest BCUT2D eigenvalue weighted by molar-refractivity contribution is 7.98. The zero-order valence-electron chi connectivity index (χ0n) is 12.0. The van der Waals surface area contributed by atoms with Crippen LogP contribution in [0, 0.1) is 0 Å². The Morgan fingerprint density at radius 1 is 1.19 bits per heavy atom. The third kappa shape index (κ3) is 2.82. The molecule has 0 saturated heterocycles. The van der Waals surface area contributed by atoms with E-state index in [1.807, 2.05) is 54.8 Å². The molecular weight excluding hydrogens is 280 g/mol. The van der Waals surface area contributed by atoms with Gasteiger partial charge < -0.3 is 10.6 Å². The highest BCUT2D eigenvalue weighted by atomic mass is 32.2. The molecule has 0 saturated carbocycles. The summed E-state index contributed by atoms with van der Waals surface area (Å²) >= 11 is 1.67. The Balaban J connectivity index is 1.93. The molecule has 0 fully saturated rings. The number of benzene rings is 2. The van der Waals surface area contributed by atoms with E-state index >= 15 is 0 Å². The van der Waals surface area contributed by atoms with Gasteiger partial charge in [-0.25, -0.2) is 0 Å². The van der Waals surface area contributed by atoms with Gasteiger partial charge in [0, 0.05) is 28.7 Å². The summed E-state index contributed by atoms with van der Waals surface area (Å²) in [5.41, 5.74) is 8.94. The quantitative estimate of drug-likeness (QED) is 0.867. The molecule has 0 spiro atoms. The third-order valence-corrected chi connectivity index (χ3v) is 4.51. The van der Waals surface area contributed by atoms with E-state index in [-0.39, 0.29) is 11.9 Å². The zero-order chi connectivity index (χ0) is 14.8. The predicted molar refractivity (Wildman–Crippen MR) is 88.0 cm³/mol. The molecule has 0 radical (unpaired) electrons. The van der Waals surface area contributed by atoms with Gasteiger partial charge in [0.2, 0.25) is 0 Å². The van der Waals surface area contributed by atoms with Crippen molar-refractivity contribution in [2.24, 2.45) is 5.73 Å². The van der Waals surface area contributed by atoms with Crippen LogP contribution in [0.1, 0.15) is 15.9 Å². The van der Waals surface area contributed by atoms with Crippen molar-refractivity contribution in [2.75, 3.05) is 17.7 Å². The first-order valence-corrected chi connectivity index (χ1v) is 8.21. The Hall–Kier alpha value is -1.78. The van der Waals surface area contributed by atoms with Gasteiger partial charge in [-0.2, -0.15) is 0 Å². The summed E-state index contributed by atoms with van der Waals surface area (Å²) in [6, 6.07) is 15.7. The second-order valence-electron chi connectivity index (χ2n) is 5.24. The van der Waals surface area contributed by atoms with Gasteiger partial charge in [-0.3, -0.25) is 4.79 Å². The Labute approximate surface area is 129 Å². The van der Waals surface area contributed by atoms with Crippen LogP contribution in [0.15, 0.2) is 53.4 Å². The molecule has 1 amide bonds. The van der Waals surface area contributed by atoms with Crippen LogP contribution in [-0.2, 0) is 6.42 Å². The van der Waals surface area contributed by atoms with Crippen molar-refractivity contribution >= 4 is 23.4 Å². The van der Waals surface area contributed by atoms with Crippen LogP contribution in [0.3, 0.4) is 0 Å². The lowest BCUT2D eigenvalue weighted by atomic mass is 9.97. The van der Waals surface area contributed by atoms with E-state index in [0.29, 0.717) is 12.1 Å². The van der Waals surface area contributed by atoms with Gasteiger partial charge in [-0.1, -0.05) is 18.2 Å². The van der Waals surface area contributed by atoms with Crippen LogP contribution in [0.4, 0.5) is 5.69 Å². The number of amides is 1. The minimum atomic E-state index is -0.00526. The summed E-state index contributed by atoms with van der Waals surface area (Å²) < 4.78 is 0. The van der Waals surface area contributed by atoms with Crippen molar-refractivity contribution < 1.29 is 4.79 Å². The Kier molecular flexibility index (Phi) is 3.99. The van der Waals surface area contributed by atoms with E-state index in [1.54, 1.807) is 16.7 Å². The van der Waals surface area contributed by atoms with Gasteiger partial charge in [-0.05, 0) is 48.6 Å². The second-order valence-corrected chi connectivity index (χ2v) is 6.12. The lowest BCUT2D eigenvalue weighted by molar-refractivity contribution is 0.0983. The van der Waals surface area contributed by atoms with Crippen molar-refractivity contribution in [3.05, 3.63) is 59.7 Å². The number of nitrogens with zero attached hydrogens (tertiary/aromatic N) is 1. The number of carbonyl (C=O) groups is 1. The fourth-order valence-electron chi connectivity index (χ4n) is 2.71. The Bertz CT molecular complexity index is 654. The number of fused-ring (bicyclic) bond motifs is 1. The number of anilines is 1. The molecule has 0 bridgehead atoms. The van der Waals surface area contributed by atoms with Crippen LogP contribution in [0.2, 0.25) is 0 Å². The number of thioether (sulfide) groups is 1. The molecule has 1 atom stereocenters. The molecule has 1 aliphatic rings. The largest absolute Gasteiger partial charge is 0.326 e. The number of hydrogen-bond acceptors (Lipinski definition) is 3. The molecule has 2 aromatic rings. The lowest BCUT2D eigenvalue weighted by Crippen LogP contribution is -2.46. The molecule has 3 rings (SSSR count). The fourth-order valence-corrected chi connectivity index (χ4v) is 3.12. The molecule has 3 nitrogen and oxygen atoms in total. The highest BCUT2D eigenvalue weighted by Gasteiger charge is 2.27. The first-order chi connectivity index (χ1) is 10.2. The maximum absolute atomic E-state index is 12.8. The molecule has 1 aliphatic heterocycles. The average molecular weight is 298 g/mol. The smallest absolute Gasteiger partial charge is 0.258 e. The number of rotatable bonds is 2. The molecule has 2 N–H and O–H groups in total.